The molecule has 0 aliphatic rings. The van der Waals surface area contributed by atoms with Crippen LogP contribution in [0.5, 0.6) is 0 Å². The van der Waals surface area contributed by atoms with Crippen LogP contribution in [-0.2, 0) is 9.59 Å². The molecule has 0 aromatic rings. The van der Waals surface area contributed by atoms with Crippen LogP contribution in [0.15, 0.2) is 12.2 Å². The van der Waals surface area contributed by atoms with Crippen molar-refractivity contribution in [3.8, 4) is 0 Å². The maximum atomic E-state index is 10.9. The minimum Gasteiger partial charge on any atom is -0.389 e. The van der Waals surface area contributed by atoms with Crippen molar-refractivity contribution in [1.82, 2.24) is 0 Å². The summed E-state index contributed by atoms with van der Waals surface area (Å²) in [5.41, 5.74) is 0. The molecule has 1 atom stereocenters. The van der Waals surface area contributed by atoms with E-state index in [0.717, 1.165) is 0 Å². The number of allylic oxidation sites excluding steroid dienone is 1. The van der Waals surface area contributed by atoms with Gasteiger partial charge >= 0.3 is 0 Å². The molecule has 0 aromatic carbocycles. The molecule has 3 nitrogen and oxygen atoms in total. The monoisotopic (exact) mass is 184 g/mol. The Labute approximate surface area is 78.5 Å². The smallest absolute Gasteiger partial charge is 0.140 e. The number of rotatable bonds is 5. The number of aliphatic hydroxyl groups is 1. The van der Waals surface area contributed by atoms with E-state index in [1.807, 2.05) is 0 Å². The Bertz CT molecular complexity index is 202. The number of carbonyl (C=O) groups is 2. The van der Waals surface area contributed by atoms with Gasteiger partial charge in [0, 0.05) is 0 Å². The van der Waals surface area contributed by atoms with E-state index in [0.29, 0.717) is 6.42 Å². The normalized spacial score (nSPS) is 13.6. The Hall–Kier alpha value is -0.960. The zero-order chi connectivity index (χ0) is 10.4. The molecular formula is C10H16O3. The second kappa shape index (κ2) is 5.65. The second-order valence-electron chi connectivity index (χ2n) is 3.18. The van der Waals surface area contributed by atoms with Gasteiger partial charge in [-0.15, -0.1) is 0 Å². The second-order valence-corrected chi connectivity index (χ2v) is 3.18. The summed E-state index contributed by atoms with van der Waals surface area (Å²) in [7, 11) is 0. The van der Waals surface area contributed by atoms with Gasteiger partial charge in [-0.25, -0.2) is 0 Å². The number of ketones is 2. The molecule has 0 fully saturated rings. The lowest BCUT2D eigenvalue weighted by Crippen LogP contribution is -2.18. The summed E-state index contributed by atoms with van der Waals surface area (Å²) in [6.45, 7) is 4.43. The largest absolute Gasteiger partial charge is 0.389 e. The highest BCUT2D eigenvalue weighted by molar-refractivity contribution is 6.00. The van der Waals surface area contributed by atoms with Crippen LogP contribution in [-0.4, -0.2) is 22.8 Å². The summed E-state index contributed by atoms with van der Waals surface area (Å²) in [6, 6.07) is 0. The van der Waals surface area contributed by atoms with Crippen LogP contribution in [0, 0.1) is 5.92 Å². The van der Waals surface area contributed by atoms with Gasteiger partial charge in [0.2, 0.25) is 0 Å². The van der Waals surface area contributed by atoms with Gasteiger partial charge in [0.1, 0.15) is 11.6 Å². The third-order valence-corrected chi connectivity index (χ3v) is 1.77. The summed E-state index contributed by atoms with van der Waals surface area (Å²) in [6.07, 6.45) is 3.09. The lowest BCUT2D eigenvalue weighted by molar-refractivity contribution is -0.130. The summed E-state index contributed by atoms with van der Waals surface area (Å²) < 4.78 is 0. The molecule has 0 saturated heterocycles. The van der Waals surface area contributed by atoms with Crippen LogP contribution in [0.1, 0.15) is 27.2 Å². The van der Waals surface area contributed by atoms with Crippen LogP contribution in [0.3, 0.4) is 0 Å². The van der Waals surface area contributed by atoms with E-state index in [2.05, 4.69) is 0 Å². The van der Waals surface area contributed by atoms with Crippen molar-refractivity contribution in [1.29, 1.82) is 0 Å². The molecule has 0 spiro atoms. The van der Waals surface area contributed by atoms with Crippen molar-refractivity contribution >= 4 is 11.6 Å². The van der Waals surface area contributed by atoms with E-state index in [4.69, 9.17) is 5.11 Å². The van der Waals surface area contributed by atoms with E-state index in [1.54, 1.807) is 19.1 Å². The number of aliphatic hydroxyl groups excluding tert-OH is 1. The molecule has 0 radical (unpaired) electrons. The molecular weight excluding hydrogens is 168 g/mol. The van der Waals surface area contributed by atoms with Crippen LogP contribution in [0.2, 0.25) is 0 Å². The zero-order valence-electron chi connectivity index (χ0n) is 8.28. The first-order valence-corrected chi connectivity index (χ1v) is 4.30. The molecule has 0 bridgehead atoms. The maximum Gasteiger partial charge on any atom is 0.140 e. The Morgan fingerprint density at radius 2 is 1.77 bits per heavy atom. The van der Waals surface area contributed by atoms with Crippen LogP contribution in [0.25, 0.3) is 0 Å². The van der Waals surface area contributed by atoms with E-state index in [1.165, 1.54) is 13.8 Å². The Kier molecular flexibility index (Phi) is 5.23. The Morgan fingerprint density at radius 3 is 2.08 bits per heavy atom. The number of carbonyl (C=O) groups excluding carboxylic acids is 2. The highest BCUT2D eigenvalue weighted by atomic mass is 16.3. The van der Waals surface area contributed by atoms with Gasteiger partial charge < -0.3 is 5.11 Å². The molecule has 0 rings (SSSR count). The van der Waals surface area contributed by atoms with Crippen LogP contribution in [0.4, 0.5) is 0 Å². The average Bonchev–Trinajstić information content (AvgIpc) is 1.95. The minimum absolute atomic E-state index is 0.122. The fourth-order valence-electron chi connectivity index (χ4n) is 1.03. The first-order chi connectivity index (χ1) is 5.95. The highest BCUT2D eigenvalue weighted by Gasteiger charge is 2.17. The molecule has 1 N–H and O–H groups in total. The SMILES string of the molecule is CC(=O)C(C/C=C/[C@H](C)O)C(C)=O. The molecule has 0 unspecified atom stereocenters. The average molecular weight is 184 g/mol. The summed E-state index contributed by atoms with van der Waals surface area (Å²) in [5, 5.41) is 8.89. The highest BCUT2D eigenvalue weighted by Crippen LogP contribution is 2.07. The minimum atomic E-state index is -0.546. The van der Waals surface area contributed by atoms with Crippen molar-refractivity contribution < 1.29 is 14.7 Å². The lowest BCUT2D eigenvalue weighted by atomic mass is 9.97. The Balaban J connectivity index is 4.13. The molecule has 0 heterocycles. The summed E-state index contributed by atoms with van der Waals surface area (Å²) >= 11 is 0. The quantitative estimate of drug-likeness (QED) is 0.514. The predicted molar refractivity (Wildman–Crippen MR) is 50.3 cm³/mol. The van der Waals surface area contributed by atoms with E-state index in [-0.39, 0.29) is 11.6 Å². The molecule has 13 heavy (non-hydrogen) atoms. The fraction of sp³-hybridized carbons (Fsp3) is 0.600. The molecule has 0 aliphatic heterocycles. The van der Waals surface area contributed by atoms with E-state index >= 15 is 0 Å². The number of hydrogen-bond donors (Lipinski definition) is 1. The third kappa shape index (κ3) is 5.31. The van der Waals surface area contributed by atoms with Crippen LogP contribution < -0.4 is 0 Å². The molecule has 3 heteroatoms. The van der Waals surface area contributed by atoms with E-state index in [9.17, 15) is 9.59 Å². The van der Waals surface area contributed by atoms with Crippen molar-refractivity contribution in [3.05, 3.63) is 12.2 Å². The predicted octanol–water partition coefficient (Wildman–Crippen LogP) is 1.11. The van der Waals surface area contributed by atoms with Crippen molar-refractivity contribution in [2.24, 2.45) is 5.92 Å². The van der Waals surface area contributed by atoms with Crippen molar-refractivity contribution in [2.75, 3.05) is 0 Å². The standard InChI is InChI=1S/C10H16O3/c1-7(11)5-4-6-10(8(2)12)9(3)13/h4-5,7,10-11H,6H2,1-3H3/b5-4+/t7-/m0/s1. The third-order valence-electron chi connectivity index (χ3n) is 1.77. The van der Waals surface area contributed by atoms with Gasteiger partial charge in [0.25, 0.3) is 0 Å². The number of Topliss-reactive ketones (excluding diaryl/α,β-unsaturated/α-hetero) is 2. The molecule has 74 valence electrons. The summed E-state index contributed by atoms with van der Waals surface area (Å²) in [4.78, 5) is 21.9. The first-order valence-electron chi connectivity index (χ1n) is 4.30. The molecule has 0 aromatic heterocycles. The Morgan fingerprint density at radius 1 is 1.31 bits per heavy atom. The van der Waals surface area contributed by atoms with Gasteiger partial charge in [-0.3, -0.25) is 9.59 Å². The number of hydrogen-bond acceptors (Lipinski definition) is 3. The topological polar surface area (TPSA) is 54.4 Å². The van der Waals surface area contributed by atoms with Gasteiger partial charge in [-0.05, 0) is 27.2 Å². The van der Waals surface area contributed by atoms with E-state index < -0.39 is 12.0 Å². The summed E-state index contributed by atoms with van der Waals surface area (Å²) in [5.74, 6) is -0.791. The van der Waals surface area contributed by atoms with Gasteiger partial charge in [0.05, 0.1) is 12.0 Å². The first kappa shape index (κ1) is 12.0. The molecule has 0 saturated carbocycles. The van der Waals surface area contributed by atoms with Crippen molar-refractivity contribution in [2.45, 2.75) is 33.3 Å². The van der Waals surface area contributed by atoms with Crippen LogP contribution >= 0.6 is 0 Å². The zero-order valence-corrected chi connectivity index (χ0v) is 8.28. The van der Waals surface area contributed by atoms with Gasteiger partial charge in [-0.1, -0.05) is 12.2 Å². The van der Waals surface area contributed by atoms with Gasteiger partial charge in [-0.2, -0.15) is 0 Å². The lowest BCUT2D eigenvalue weighted by Gasteiger charge is -2.06. The maximum absolute atomic E-state index is 10.9. The molecule has 0 amide bonds. The molecule has 0 aliphatic carbocycles. The fourth-order valence-corrected chi connectivity index (χ4v) is 1.03. The van der Waals surface area contributed by atoms with Crippen molar-refractivity contribution in [3.63, 3.8) is 0 Å². The van der Waals surface area contributed by atoms with Gasteiger partial charge in [0.15, 0.2) is 0 Å².